The van der Waals surface area contributed by atoms with E-state index >= 15 is 0 Å². The molecule has 146 valence electrons. The Morgan fingerprint density at radius 2 is 1.27 bits per heavy atom. The van der Waals surface area contributed by atoms with Gasteiger partial charge in [-0.05, 0) is 34.4 Å². The lowest BCUT2D eigenvalue weighted by Crippen LogP contribution is -2.16. The number of fused-ring (bicyclic) bond motifs is 1. The molecular weight excluding hydrogens is 407 g/mol. The second kappa shape index (κ2) is 7.76. The van der Waals surface area contributed by atoms with Crippen molar-refractivity contribution >= 4 is 34.9 Å². The first-order chi connectivity index (χ1) is 14.7. The van der Waals surface area contributed by atoms with Gasteiger partial charge in [-0.15, -0.1) is 0 Å². The van der Waals surface area contributed by atoms with Gasteiger partial charge in [0.05, 0.1) is 0 Å². The molecule has 1 aliphatic heterocycles. The fraction of sp³-hybridized carbons (Fsp3) is 0.0370. The molecule has 1 heterocycles. The van der Waals surface area contributed by atoms with E-state index in [0.29, 0.717) is 11.4 Å². The average molecular weight is 427 g/mol. The minimum atomic E-state index is -2.97. The summed E-state index contributed by atoms with van der Waals surface area (Å²) in [6, 6.07) is 36.2. The highest BCUT2D eigenvalue weighted by Gasteiger charge is 2.42. The van der Waals surface area contributed by atoms with E-state index in [9.17, 15) is 4.57 Å². The zero-order valence-corrected chi connectivity index (χ0v) is 18.0. The van der Waals surface area contributed by atoms with E-state index in [2.05, 4.69) is 18.2 Å². The molecule has 1 nitrogen and oxygen atoms in total. The predicted molar refractivity (Wildman–Crippen MR) is 127 cm³/mol. The molecule has 1 atom stereocenters. The summed E-state index contributed by atoms with van der Waals surface area (Å²) in [4.78, 5) is 0. The van der Waals surface area contributed by atoms with Crippen molar-refractivity contribution in [2.45, 2.75) is 6.42 Å². The number of rotatable bonds is 4. The van der Waals surface area contributed by atoms with Crippen LogP contribution in [0, 0.1) is 0 Å². The summed E-state index contributed by atoms with van der Waals surface area (Å²) in [7, 11) is -2.97. The Balaban J connectivity index is 1.83. The lowest BCUT2D eigenvalue weighted by atomic mass is 9.96. The smallest absolute Gasteiger partial charge is 0.168 e. The number of hydrogen-bond donors (Lipinski definition) is 0. The van der Waals surface area contributed by atoms with Gasteiger partial charge in [0.25, 0.3) is 0 Å². The van der Waals surface area contributed by atoms with Gasteiger partial charge < -0.3 is 4.57 Å². The van der Waals surface area contributed by atoms with Crippen LogP contribution in [0.4, 0.5) is 0 Å². The van der Waals surface area contributed by atoms with Crippen LogP contribution in [0.15, 0.2) is 115 Å². The monoisotopic (exact) mass is 426 g/mol. The largest absolute Gasteiger partial charge is 0.309 e. The molecule has 0 aromatic heterocycles. The number of allylic oxidation sites excluding steroid dienone is 1. The first-order valence-electron chi connectivity index (χ1n) is 9.97. The van der Waals surface area contributed by atoms with Gasteiger partial charge in [-0.25, -0.2) is 0 Å². The van der Waals surface area contributed by atoms with Crippen LogP contribution in [-0.4, -0.2) is 0 Å². The van der Waals surface area contributed by atoms with Gasteiger partial charge in [0.1, 0.15) is 0 Å². The molecule has 1 unspecified atom stereocenters. The minimum Gasteiger partial charge on any atom is -0.309 e. The van der Waals surface area contributed by atoms with Gasteiger partial charge in [-0.3, -0.25) is 0 Å². The summed E-state index contributed by atoms with van der Waals surface area (Å²) >= 11 is 6.17. The Morgan fingerprint density at radius 3 is 1.97 bits per heavy atom. The van der Waals surface area contributed by atoms with E-state index in [-0.39, 0.29) is 0 Å². The van der Waals surface area contributed by atoms with Gasteiger partial charge in [0.15, 0.2) is 7.14 Å². The quantitative estimate of drug-likeness (QED) is 0.333. The van der Waals surface area contributed by atoms with Gasteiger partial charge in [-0.2, -0.15) is 0 Å². The zero-order chi connectivity index (χ0) is 20.6. The fourth-order valence-electron chi connectivity index (χ4n) is 4.28. The standard InChI is InChI=1S/C27H20ClOP/c28-22-17-15-21(16-18-22)27-24-13-7-8-14-25(24)30(29,23-11-5-2-6-12-23)26(27)19-20-9-3-1-4-10-20/h1-18H,19H2. The first-order valence-corrected chi connectivity index (χ1v) is 12.1. The Morgan fingerprint density at radius 1 is 0.667 bits per heavy atom. The summed E-state index contributed by atoms with van der Waals surface area (Å²) in [6.07, 6.45) is 0.639. The van der Waals surface area contributed by atoms with E-state index in [4.69, 9.17) is 11.6 Å². The van der Waals surface area contributed by atoms with Gasteiger partial charge in [-0.1, -0.05) is 109 Å². The summed E-state index contributed by atoms with van der Waals surface area (Å²) in [6.45, 7) is 0. The third-order valence-electron chi connectivity index (χ3n) is 5.65. The van der Waals surface area contributed by atoms with Crippen LogP contribution in [0.1, 0.15) is 16.7 Å². The van der Waals surface area contributed by atoms with E-state index < -0.39 is 7.14 Å². The van der Waals surface area contributed by atoms with Crippen molar-refractivity contribution in [3.63, 3.8) is 0 Å². The van der Waals surface area contributed by atoms with Crippen LogP contribution in [-0.2, 0) is 11.0 Å². The molecule has 0 aliphatic carbocycles. The number of halogens is 1. The number of benzene rings is 4. The molecule has 30 heavy (non-hydrogen) atoms. The van der Waals surface area contributed by atoms with Crippen LogP contribution in [0.25, 0.3) is 5.57 Å². The van der Waals surface area contributed by atoms with E-state index in [1.165, 1.54) is 0 Å². The topological polar surface area (TPSA) is 17.1 Å². The molecule has 0 saturated carbocycles. The minimum absolute atomic E-state index is 0.639. The molecule has 4 aromatic rings. The van der Waals surface area contributed by atoms with Gasteiger partial charge >= 0.3 is 0 Å². The lowest BCUT2D eigenvalue weighted by Gasteiger charge is -2.19. The fourth-order valence-corrected chi connectivity index (χ4v) is 7.67. The molecule has 0 amide bonds. The Kier molecular flexibility index (Phi) is 4.95. The molecule has 0 saturated heterocycles. The number of hydrogen-bond acceptors (Lipinski definition) is 1. The molecule has 0 N–H and O–H groups in total. The molecule has 0 spiro atoms. The van der Waals surface area contributed by atoms with Crippen molar-refractivity contribution in [2.24, 2.45) is 0 Å². The van der Waals surface area contributed by atoms with Crippen LogP contribution >= 0.6 is 18.7 Å². The molecule has 0 fully saturated rings. The molecule has 3 heteroatoms. The van der Waals surface area contributed by atoms with Crippen molar-refractivity contribution in [2.75, 3.05) is 0 Å². The van der Waals surface area contributed by atoms with E-state index in [0.717, 1.165) is 38.2 Å². The molecule has 5 rings (SSSR count). The lowest BCUT2D eigenvalue weighted by molar-refractivity contribution is 0.590. The molecule has 0 bridgehead atoms. The summed E-state index contributed by atoms with van der Waals surface area (Å²) in [5.41, 5.74) is 4.32. The van der Waals surface area contributed by atoms with Crippen LogP contribution in [0.2, 0.25) is 5.02 Å². The normalized spacial score (nSPS) is 17.8. The molecule has 0 radical (unpaired) electrons. The Bertz CT molecular complexity index is 1280. The highest BCUT2D eigenvalue weighted by Crippen LogP contribution is 2.61. The van der Waals surface area contributed by atoms with Crippen LogP contribution < -0.4 is 10.6 Å². The highest BCUT2D eigenvalue weighted by atomic mass is 35.5. The highest BCUT2D eigenvalue weighted by molar-refractivity contribution is 7.83. The van der Waals surface area contributed by atoms with E-state index in [1.807, 2.05) is 91.0 Å². The second-order valence-electron chi connectivity index (χ2n) is 7.45. The van der Waals surface area contributed by atoms with Crippen molar-refractivity contribution in [3.8, 4) is 0 Å². The third kappa shape index (κ3) is 3.16. The maximum absolute atomic E-state index is 14.9. The molecular formula is C27H20ClOP. The summed E-state index contributed by atoms with van der Waals surface area (Å²) in [5.74, 6) is 0. The average Bonchev–Trinajstić information content (AvgIpc) is 3.05. The molecule has 4 aromatic carbocycles. The maximum atomic E-state index is 14.9. The Labute approximate surface area is 182 Å². The van der Waals surface area contributed by atoms with Crippen molar-refractivity contribution in [1.29, 1.82) is 0 Å². The zero-order valence-electron chi connectivity index (χ0n) is 16.3. The summed E-state index contributed by atoms with van der Waals surface area (Å²) < 4.78 is 14.9. The van der Waals surface area contributed by atoms with Gasteiger partial charge in [0.2, 0.25) is 0 Å². The van der Waals surface area contributed by atoms with Crippen molar-refractivity contribution in [1.82, 2.24) is 0 Å². The summed E-state index contributed by atoms with van der Waals surface area (Å²) in [5, 5.41) is 3.49. The predicted octanol–water partition coefficient (Wildman–Crippen LogP) is 6.67. The van der Waals surface area contributed by atoms with Crippen molar-refractivity contribution < 1.29 is 4.57 Å². The first kappa shape index (κ1) is 19.1. The third-order valence-corrected chi connectivity index (χ3v) is 9.14. The Hall–Kier alpha value is -2.86. The molecule has 1 aliphatic rings. The second-order valence-corrected chi connectivity index (χ2v) is 10.6. The van der Waals surface area contributed by atoms with E-state index in [1.54, 1.807) is 0 Å². The SMILES string of the molecule is O=P1(c2ccccc2)C(Cc2ccccc2)=C(c2ccc(Cl)cc2)c2ccccc21. The van der Waals surface area contributed by atoms with Crippen LogP contribution in [0.3, 0.4) is 0 Å². The van der Waals surface area contributed by atoms with Gasteiger partial charge in [0, 0.05) is 27.4 Å². The maximum Gasteiger partial charge on any atom is 0.168 e. The van der Waals surface area contributed by atoms with Crippen LogP contribution in [0.5, 0.6) is 0 Å². The van der Waals surface area contributed by atoms with Crippen molar-refractivity contribution in [3.05, 3.63) is 136 Å².